The van der Waals surface area contributed by atoms with Gasteiger partial charge in [-0.1, -0.05) is 13.8 Å². The minimum atomic E-state index is 0.319. The summed E-state index contributed by atoms with van der Waals surface area (Å²) in [5.41, 5.74) is 5.86. The molecule has 0 aliphatic heterocycles. The Morgan fingerprint density at radius 1 is 1.33 bits per heavy atom. The third-order valence-corrected chi connectivity index (χ3v) is 1.99. The predicted molar refractivity (Wildman–Crippen MR) is 52.2 cm³/mol. The Hall–Kier alpha value is -0.120. The summed E-state index contributed by atoms with van der Waals surface area (Å²) in [6.45, 7) is 6.99. The fraction of sp³-hybridized carbons (Fsp3) is 1.00. The summed E-state index contributed by atoms with van der Waals surface area (Å²) in [6, 6.07) is 0.319. The molecule has 0 aromatic heterocycles. The highest BCUT2D eigenvalue weighted by atomic mass is 16.5. The van der Waals surface area contributed by atoms with E-state index in [-0.39, 0.29) is 0 Å². The Labute approximate surface area is 75.7 Å². The highest BCUT2D eigenvalue weighted by molar-refractivity contribution is 4.66. The maximum absolute atomic E-state index is 5.86. The van der Waals surface area contributed by atoms with E-state index in [0.29, 0.717) is 12.0 Å². The topological polar surface area (TPSA) is 47.3 Å². The number of hydrogen-bond acceptors (Lipinski definition) is 3. The number of methoxy groups -OCH3 is 1. The summed E-state index contributed by atoms with van der Waals surface area (Å²) >= 11 is 0. The molecule has 0 radical (unpaired) electrons. The van der Waals surface area contributed by atoms with E-state index in [4.69, 9.17) is 10.5 Å². The van der Waals surface area contributed by atoms with Crippen LogP contribution in [0.25, 0.3) is 0 Å². The van der Waals surface area contributed by atoms with Crippen molar-refractivity contribution in [2.24, 2.45) is 11.7 Å². The van der Waals surface area contributed by atoms with Gasteiger partial charge in [-0.15, -0.1) is 0 Å². The van der Waals surface area contributed by atoms with E-state index in [1.165, 1.54) is 0 Å². The molecular weight excluding hydrogens is 152 g/mol. The van der Waals surface area contributed by atoms with Gasteiger partial charge in [0.05, 0.1) is 6.61 Å². The molecule has 0 aliphatic carbocycles. The van der Waals surface area contributed by atoms with Gasteiger partial charge in [-0.3, -0.25) is 0 Å². The lowest BCUT2D eigenvalue weighted by molar-refractivity contribution is 0.199. The maximum atomic E-state index is 5.86. The summed E-state index contributed by atoms with van der Waals surface area (Å²) in [4.78, 5) is 0. The molecule has 0 saturated carbocycles. The zero-order valence-corrected chi connectivity index (χ0v) is 8.47. The lowest BCUT2D eigenvalue weighted by Gasteiger charge is -2.15. The first-order chi connectivity index (χ1) is 5.68. The zero-order chi connectivity index (χ0) is 9.40. The molecular formula is C9H22N2O. The number of rotatable bonds is 7. The minimum absolute atomic E-state index is 0.319. The van der Waals surface area contributed by atoms with Crippen LogP contribution in [0.1, 0.15) is 20.3 Å². The fourth-order valence-corrected chi connectivity index (χ4v) is 0.901. The van der Waals surface area contributed by atoms with E-state index >= 15 is 0 Å². The van der Waals surface area contributed by atoms with Gasteiger partial charge < -0.3 is 15.8 Å². The molecule has 0 bridgehead atoms. The molecule has 0 heterocycles. The first-order valence-electron chi connectivity index (χ1n) is 4.63. The van der Waals surface area contributed by atoms with E-state index in [2.05, 4.69) is 19.2 Å². The summed E-state index contributed by atoms with van der Waals surface area (Å²) in [5, 5.41) is 3.27. The highest BCUT2D eigenvalue weighted by Gasteiger charge is 2.05. The molecule has 3 nitrogen and oxygen atoms in total. The second kappa shape index (κ2) is 7.53. The van der Waals surface area contributed by atoms with E-state index in [0.717, 1.165) is 26.1 Å². The van der Waals surface area contributed by atoms with Crippen molar-refractivity contribution >= 4 is 0 Å². The Morgan fingerprint density at radius 2 is 2.00 bits per heavy atom. The third-order valence-electron chi connectivity index (χ3n) is 1.99. The van der Waals surface area contributed by atoms with Crippen molar-refractivity contribution in [3.63, 3.8) is 0 Å². The largest absolute Gasteiger partial charge is 0.383 e. The van der Waals surface area contributed by atoms with Crippen LogP contribution >= 0.6 is 0 Å². The minimum Gasteiger partial charge on any atom is -0.383 e. The Kier molecular flexibility index (Phi) is 7.45. The van der Waals surface area contributed by atoms with Crippen molar-refractivity contribution in [3.8, 4) is 0 Å². The molecule has 0 amide bonds. The van der Waals surface area contributed by atoms with Gasteiger partial charge in [0, 0.05) is 19.7 Å². The number of nitrogens with two attached hydrogens (primary N) is 1. The van der Waals surface area contributed by atoms with E-state index < -0.39 is 0 Å². The van der Waals surface area contributed by atoms with Crippen molar-refractivity contribution in [2.45, 2.75) is 26.3 Å². The second-order valence-corrected chi connectivity index (χ2v) is 3.44. The van der Waals surface area contributed by atoms with Crippen LogP contribution in [0.4, 0.5) is 0 Å². The average Bonchev–Trinajstić information content (AvgIpc) is 2.03. The van der Waals surface area contributed by atoms with Crippen LogP contribution in [-0.4, -0.2) is 32.8 Å². The zero-order valence-electron chi connectivity index (χ0n) is 8.47. The molecule has 3 heteroatoms. The van der Waals surface area contributed by atoms with Gasteiger partial charge in [0.1, 0.15) is 0 Å². The van der Waals surface area contributed by atoms with Gasteiger partial charge >= 0.3 is 0 Å². The molecule has 0 rings (SSSR count). The highest BCUT2D eigenvalue weighted by Crippen LogP contribution is 2.00. The van der Waals surface area contributed by atoms with Crippen LogP contribution in [0.2, 0.25) is 0 Å². The predicted octanol–water partition coefficient (Wildman–Crippen LogP) is 0.596. The molecule has 0 aromatic carbocycles. The SMILES string of the molecule is COCCNCCC(N)C(C)C. The number of nitrogens with one attached hydrogen (secondary N) is 1. The molecule has 0 spiro atoms. The molecule has 1 unspecified atom stereocenters. The lowest BCUT2D eigenvalue weighted by atomic mass is 10.0. The Bertz CT molecular complexity index is 96.5. The second-order valence-electron chi connectivity index (χ2n) is 3.44. The monoisotopic (exact) mass is 174 g/mol. The van der Waals surface area contributed by atoms with Crippen molar-refractivity contribution in [1.29, 1.82) is 0 Å². The average molecular weight is 174 g/mol. The molecule has 1 atom stereocenters. The molecule has 74 valence electrons. The van der Waals surface area contributed by atoms with Crippen LogP contribution in [0.3, 0.4) is 0 Å². The van der Waals surface area contributed by atoms with Gasteiger partial charge in [0.25, 0.3) is 0 Å². The standard InChI is InChI=1S/C9H22N2O/c1-8(2)9(10)4-5-11-6-7-12-3/h8-9,11H,4-7,10H2,1-3H3. The maximum Gasteiger partial charge on any atom is 0.0587 e. The molecule has 3 N–H and O–H groups in total. The smallest absolute Gasteiger partial charge is 0.0587 e. The lowest BCUT2D eigenvalue weighted by Crippen LogP contribution is -2.31. The molecule has 0 fully saturated rings. The van der Waals surface area contributed by atoms with Crippen molar-refractivity contribution in [3.05, 3.63) is 0 Å². The Morgan fingerprint density at radius 3 is 2.50 bits per heavy atom. The third kappa shape index (κ3) is 6.58. The van der Waals surface area contributed by atoms with Gasteiger partial charge in [0.2, 0.25) is 0 Å². The van der Waals surface area contributed by atoms with Gasteiger partial charge in [-0.25, -0.2) is 0 Å². The molecule has 0 saturated heterocycles. The van der Waals surface area contributed by atoms with Crippen LogP contribution in [0.5, 0.6) is 0 Å². The summed E-state index contributed by atoms with van der Waals surface area (Å²) in [5.74, 6) is 0.578. The van der Waals surface area contributed by atoms with E-state index in [9.17, 15) is 0 Å². The van der Waals surface area contributed by atoms with Crippen molar-refractivity contribution in [2.75, 3.05) is 26.8 Å². The number of hydrogen-bond donors (Lipinski definition) is 2. The molecule has 12 heavy (non-hydrogen) atoms. The molecule has 0 aliphatic rings. The summed E-state index contributed by atoms with van der Waals surface area (Å²) < 4.78 is 4.90. The first-order valence-corrected chi connectivity index (χ1v) is 4.63. The van der Waals surface area contributed by atoms with Crippen LogP contribution < -0.4 is 11.1 Å². The van der Waals surface area contributed by atoms with Crippen molar-refractivity contribution < 1.29 is 4.74 Å². The normalized spacial score (nSPS) is 13.8. The number of ether oxygens (including phenoxy) is 1. The van der Waals surface area contributed by atoms with Gasteiger partial charge in [-0.05, 0) is 18.9 Å². The van der Waals surface area contributed by atoms with Gasteiger partial charge in [-0.2, -0.15) is 0 Å². The fourth-order valence-electron chi connectivity index (χ4n) is 0.901. The van der Waals surface area contributed by atoms with Crippen molar-refractivity contribution in [1.82, 2.24) is 5.32 Å². The first kappa shape index (κ1) is 11.9. The Balaban J connectivity index is 3.08. The summed E-state index contributed by atoms with van der Waals surface area (Å²) in [6.07, 6.45) is 1.04. The van der Waals surface area contributed by atoms with Crippen LogP contribution in [0.15, 0.2) is 0 Å². The quantitative estimate of drug-likeness (QED) is 0.555. The summed E-state index contributed by atoms with van der Waals surface area (Å²) in [7, 11) is 1.71. The van der Waals surface area contributed by atoms with E-state index in [1.54, 1.807) is 7.11 Å². The van der Waals surface area contributed by atoms with Gasteiger partial charge in [0.15, 0.2) is 0 Å². The van der Waals surface area contributed by atoms with Crippen LogP contribution in [-0.2, 0) is 4.74 Å². The molecule has 0 aromatic rings. The van der Waals surface area contributed by atoms with E-state index in [1.807, 2.05) is 0 Å². The van der Waals surface area contributed by atoms with Crippen LogP contribution in [0, 0.1) is 5.92 Å².